The lowest BCUT2D eigenvalue weighted by Crippen LogP contribution is -2.12. The zero-order valence-electron chi connectivity index (χ0n) is 12.7. The molecule has 1 saturated carbocycles. The minimum absolute atomic E-state index is 0.198. The van der Waals surface area contributed by atoms with Gasteiger partial charge in [0.25, 0.3) is 0 Å². The van der Waals surface area contributed by atoms with Gasteiger partial charge in [0.2, 0.25) is 0 Å². The van der Waals surface area contributed by atoms with Crippen LogP contribution in [-0.2, 0) is 11.8 Å². The number of aryl methyl sites for hydroxylation is 1. The summed E-state index contributed by atoms with van der Waals surface area (Å²) in [6.45, 7) is 4.21. The Hall–Kier alpha value is -1.74. The third-order valence-electron chi connectivity index (χ3n) is 4.59. The van der Waals surface area contributed by atoms with Gasteiger partial charge in [0, 0.05) is 24.4 Å². The number of hydrogen-bond donors (Lipinski definition) is 1. The third-order valence-corrected chi connectivity index (χ3v) is 4.59. The predicted molar refractivity (Wildman–Crippen MR) is 83.3 cm³/mol. The molecule has 0 bridgehead atoms. The predicted octanol–water partition coefficient (Wildman–Crippen LogP) is 3.16. The summed E-state index contributed by atoms with van der Waals surface area (Å²) in [7, 11) is 0. The number of aliphatic hydroxyl groups excluding tert-OH is 1. The van der Waals surface area contributed by atoms with E-state index in [1.807, 2.05) is 19.9 Å². The molecule has 3 heteroatoms. The zero-order valence-corrected chi connectivity index (χ0v) is 12.7. The van der Waals surface area contributed by atoms with Crippen LogP contribution in [0.3, 0.4) is 0 Å². The van der Waals surface area contributed by atoms with Gasteiger partial charge in [-0.2, -0.15) is 10.2 Å². The monoisotopic (exact) mass is 282 g/mol. The van der Waals surface area contributed by atoms with Crippen LogP contribution in [0.15, 0.2) is 36.4 Å². The first-order valence-corrected chi connectivity index (χ1v) is 7.63. The molecular weight excluding hydrogens is 260 g/mol. The van der Waals surface area contributed by atoms with Crippen molar-refractivity contribution >= 4 is 0 Å². The van der Waals surface area contributed by atoms with Crippen LogP contribution in [0.1, 0.15) is 48.2 Å². The smallest absolute Gasteiger partial charge is 0.0640 e. The van der Waals surface area contributed by atoms with Gasteiger partial charge in [-0.1, -0.05) is 31.2 Å². The SMILES string of the molecule is Cc1ccc(CC2(c3ccc(C(C)CO)cc3)CC2)nn1. The highest BCUT2D eigenvalue weighted by Gasteiger charge is 2.44. The minimum Gasteiger partial charge on any atom is -0.396 e. The Labute approximate surface area is 126 Å². The quantitative estimate of drug-likeness (QED) is 0.916. The van der Waals surface area contributed by atoms with E-state index in [4.69, 9.17) is 0 Å². The van der Waals surface area contributed by atoms with E-state index < -0.39 is 0 Å². The van der Waals surface area contributed by atoms with Crippen LogP contribution < -0.4 is 0 Å². The van der Waals surface area contributed by atoms with E-state index in [0.29, 0.717) is 0 Å². The molecule has 2 aromatic rings. The number of benzene rings is 1. The fourth-order valence-electron chi connectivity index (χ4n) is 2.86. The van der Waals surface area contributed by atoms with Crippen LogP contribution >= 0.6 is 0 Å². The molecule has 0 saturated heterocycles. The Morgan fingerprint density at radius 3 is 2.33 bits per heavy atom. The Bertz CT molecular complexity index is 600. The molecule has 1 atom stereocenters. The summed E-state index contributed by atoms with van der Waals surface area (Å²) in [6, 6.07) is 12.9. The Kier molecular flexibility index (Phi) is 3.77. The topological polar surface area (TPSA) is 46.0 Å². The molecule has 1 aliphatic rings. The maximum absolute atomic E-state index is 9.23. The lowest BCUT2D eigenvalue weighted by atomic mass is 9.89. The van der Waals surface area contributed by atoms with Crippen LogP contribution in [0.4, 0.5) is 0 Å². The van der Waals surface area contributed by atoms with Gasteiger partial charge in [-0.25, -0.2) is 0 Å². The van der Waals surface area contributed by atoms with Crippen LogP contribution in [0, 0.1) is 6.92 Å². The lowest BCUT2D eigenvalue weighted by Gasteiger charge is -2.16. The summed E-state index contributed by atoms with van der Waals surface area (Å²) in [6.07, 6.45) is 3.41. The molecule has 3 nitrogen and oxygen atoms in total. The van der Waals surface area contributed by atoms with E-state index in [2.05, 4.69) is 40.5 Å². The molecule has 1 aliphatic carbocycles. The van der Waals surface area contributed by atoms with Gasteiger partial charge in [0.05, 0.1) is 11.4 Å². The van der Waals surface area contributed by atoms with Gasteiger partial charge in [-0.15, -0.1) is 0 Å². The normalized spacial score (nSPS) is 17.5. The van der Waals surface area contributed by atoms with E-state index in [9.17, 15) is 5.11 Å². The average Bonchev–Trinajstić information content (AvgIpc) is 3.30. The number of aromatic nitrogens is 2. The third kappa shape index (κ3) is 2.98. The van der Waals surface area contributed by atoms with Crippen molar-refractivity contribution in [3.63, 3.8) is 0 Å². The van der Waals surface area contributed by atoms with E-state index in [0.717, 1.165) is 17.8 Å². The van der Waals surface area contributed by atoms with Gasteiger partial charge in [0.15, 0.2) is 0 Å². The van der Waals surface area contributed by atoms with Crippen molar-refractivity contribution in [2.45, 2.75) is 44.4 Å². The minimum atomic E-state index is 0.198. The lowest BCUT2D eigenvalue weighted by molar-refractivity contribution is 0.273. The van der Waals surface area contributed by atoms with Gasteiger partial charge < -0.3 is 5.11 Å². The summed E-state index contributed by atoms with van der Waals surface area (Å²) in [5.41, 5.74) is 4.88. The van der Waals surface area contributed by atoms with E-state index in [1.54, 1.807) is 0 Å². The van der Waals surface area contributed by atoms with Crippen molar-refractivity contribution < 1.29 is 5.11 Å². The first kappa shape index (κ1) is 14.2. The summed E-state index contributed by atoms with van der Waals surface area (Å²) in [5, 5.41) is 17.7. The van der Waals surface area contributed by atoms with E-state index in [1.165, 1.54) is 24.0 Å². The summed E-state index contributed by atoms with van der Waals surface area (Å²) in [5.74, 6) is 0.206. The van der Waals surface area contributed by atoms with Gasteiger partial charge in [0.1, 0.15) is 0 Å². The van der Waals surface area contributed by atoms with Crippen LogP contribution in [0.5, 0.6) is 0 Å². The van der Waals surface area contributed by atoms with Crippen molar-refractivity contribution in [3.8, 4) is 0 Å². The molecule has 1 N–H and O–H groups in total. The molecule has 1 unspecified atom stereocenters. The van der Waals surface area contributed by atoms with Gasteiger partial charge >= 0.3 is 0 Å². The largest absolute Gasteiger partial charge is 0.396 e. The van der Waals surface area contributed by atoms with Gasteiger partial charge in [-0.05, 0) is 43.0 Å². The highest BCUT2D eigenvalue weighted by molar-refractivity contribution is 5.36. The molecule has 0 aliphatic heterocycles. The van der Waals surface area contributed by atoms with Crippen molar-refractivity contribution in [1.82, 2.24) is 10.2 Å². The number of aliphatic hydroxyl groups is 1. The number of hydrogen-bond acceptors (Lipinski definition) is 3. The highest BCUT2D eigenvalue weighted by Crippen LogP contribution is 2.50. The molecule has 21 heavy (non-hydrogen) atoms. The molecule has 0 spiro atoms. The van der Waals surface area contributed by atoms with Crippen molar-refractivity contribution in [1.29, 1.82) is 0 Å². The molecule has 0 amide bonds. The van der Waals surface area contributed by atoms with Crippen molar-refractivity contribution in [2.24, 2.45) is 0 Å². The molecular formula is C18H22N2O. The van der Waals surface area contributed by atoms with Crippen LogP contribution in [0.25, 0.3) is 0 Å². The first-order chi connectivity index (χ1) is 10.1. The van der Waals surface area contributed by atoms with Gasteiger partial charge in [-0.3, -0.25) is 0 Å². The highest BCUT2D eigenvalue weighted by atomic mass is 16.3. The Morgan fingerprint density at radius 2 is 1.81 bits per heavy atom. The number of nitrogens with zero attached hydrogens (tertiary/aromatic N) is 2. The fraction of sp³-hybridized carbons (Fsp3) is 0.444. The van der Waals surface area contributed by atoms with E-state index >= 15 is 0 Å². The molecule has 1 aromatic carbocycles. The second-order valence-corrected chi connectivity index (χ2v) is 6.33. The van der Waals surface area contributed by atoms with Crippen molar-refractivity contribution in [2.75, 3.05) is 6.61 Å². The Morgan fingerprint density at radius 1 is 1.10 bits per heavy atom. The summed E-state index contributed by atoms with van der Waals surface area (Å²) < 4.78 is 0. The van der Waals surface area contributed by atoms with Crippen molar-refractivity contribution in [3.05, 3.63) is 58.9 Å². The summed E-state index contributed by atoms with van der Waals surface area (Å²) in [4.78, 5) is 0. The van der Waals surface area contributed by atoms with E-state index in [-0.39, 0.29) is 17.9 Å². The van der Waals surface area contributed by atoms with Crippen LogP contribution in [0.2, 0.25) is 0 Å². The standard InChI is InChI=1S/C18H22N2O/c1-13(12-21)15-4-6-16(7-5-15)18(9-10-18)11-17-8-3-14(2)19-20-17/h3-8,13,21H,9-12H2,1-2H3. The van der Waals surface area contributed by atoms with Crippen LogP contribution in [-0.4, -0.2) is 21.9 Å². The number of rotatable bonds is 5. The second-order valence-electron chi connectivity index (χ2n) is 6.33. The second kappa shape index (κ2) is 5.57. The molecule has 110 valence electrons. The zero-order chi connectivity index (χ0) is 14.9. The molecule has 0 radical (unpaired) electrons. The maximum Gasteiger partial charge on any atom is 0.0640 e. The Balaban J connectivity index is 1.77. The molecule has 1 fully saturated rings. The fourth-order valence-corrected chi connectivity index (χ4v) is 2.86. The molecule has 1 heterocycles. The molecule has 3 rings (SSSR count). The maximum atomic E-state index is 9.23. The average molecular weight is 282 g/mol. The first-order valence-electron chi connectivity index (χ1n) is 7.63. The molecule has 1 aromatic heterocycles. The summed E-state index contributed by atoms with van der Waals surface area (Å²) >= 11 is 0.